The second-order valence-electron chi connectivity index (χ2n) is 3.58. The predicted molar refractivity (Wildman–Crippen MR) is 60.9 cm³/mol. The van der Waals surface area contributed by atoms with Crippen molar-refractivity contribution in [2.45, 2.75) is 26.2 Å². The van der Waals surface area contributed by atoms with Gasteiger partial charge >= 0.3 is 0 Å². The van der Waals surface area contributed by atoms with Crippen molar-refractivity contribution in [2.75, 3.05) is 11.6 Å². The first kappa shape index (κ1) is 9.25. The first-order valence-corrected chi connectivity index (χ1v) is 5.29. The van der Waals surface area contributed by atoms with Gasteiger partial charge in [0.15, 0.2) is 0 Å². The molecule has 2 heteroatoms. The van der Waals surface area contributed by atoms with Crippen LogP contribution in [0.15, 0.2) is 29.4 Å². The van der Waals surface area contributed by atoms with Crippen LogP contribution in [-0.2, 0) is 6.42 Å². The number of rotatable bonds is 2. The van der Waals surface area contributed by atoms with E-state index in [4.69, 9.17) is 0 Å². The number of hydrogen-bond donors (Lipinski definition) is 0. The van der Waals surface area contributed by atoms with Gasteiger partial charge in [0.25, 0.3) is 0 Å². The third-order valence-electron chi connectivity index (χ3n) is 2.57. The minimum absolute atomic E-state index is 1.04. The van der Waals surface area contributed by atoms with Gasteiger partial charge in [0, 0.05) is 12.8 Å². The first-order valence-electron chi connectivity index (χ1n) is 5.29. The van der Waals surface area contributed by atoms with Gasteiger partial charge in [0.05, 0.1) is 5.69 Å². The Morgan fingerprint density at radius 3 is 2.64 bits per heavy atom. The lowest BCUT2D eigenvalue weighted by atomic mass is 10.1. The quantitative estimate of drug-likeness (QED) is 0.696. The molecule has 0 atom stereocenters. The Morgan fingerprint density at radius 2 is 2.07 bits per heavy atom. The minimum atomic E-state index is 1.04. The Kier molecular flexibility index (Phi) is 2.82. The van der Waals surface area contributed by atoms with Crippen LogP contribution >= 0.6 is 0 Å². The molecule has 0 saturated carbocycles. The summed E-state index contributed by atoms with van der Waals surface area (Å²) in [5, 5.41) is 6.44. The first-order chi connectivity index (χ1) is 6.90. The lowest BCUT2D eigenvalue weighted by molar-refractivity contribution is 0.751. The number of anilines is 1. The Labute approximate surface area is 85.2 Å². The van der Waals surface area contributed by atoms with Gasteiger partial charge in [0.2, 0.25) is 0 Å². The molecule has 0 radical (unpaired) electrons. The molecule has 0 spiro atoms. The molecular formula is C12H16N2. The average Bonchev–Trinajstić information content (AvgIpc) is 2.30. The van der Waals surface area contributed by atoms with Crippen LogP contribution in [0.2, 0.25) is 0 Å². The maximum Gasteiger partial charge on any atom is 0.0593 e. The molecule has 74 valence electrons. The summed E-state index contributed by atoms with van der Waals surface area (Å²) in [5.74, 6) is 0. The number of aryl methyl sites for hydroxylation is 1. The van der Waals surface area contributed by atoms with E-state index in [1.165, 1.54) is 17.7 Å². The fraction of sp³-hybridized carbons (Fsp3) is 0.417. The van der Waals surface area contributed by atoms with E-state index in [2.05, 4.69) is 41.3 Å². The molecule has 0 saturated heterocycles. The molecule has 1 aliphatic heterocycles. The van der Waals surface area contributed by atoms with Crippen LogP contribution < -0.4 is 5.01 Å². The SMILES string of the molecule is CCc1ccc(N2CCCC=N2)cc1. The van der Waals surface area contributed by atoms with E-state index in [1.807, 2.05) is 6.21 Å². The standard InChI is InChI=1S/C12H16N2/c1-2-11-5-7-12(8-6-11)14-10-4-3-9-13-14/h5-9H,2-4,10H2,1H3. The van der Waals surface area contributed by atoms with Crippen LogP contribution in [-0.4, -0.2) is 12.8 Å². The summed E-state index contributed by atoms with van der Waals surface area (Å²) in [4.78, 5) is 0. The van der Waals surface area contributed by atoms with Crippen molar-refractivity contribution in [3.05, 3.63) is 29.8 Å². The van der Waals surface area contributed by atoms with Gasteiger partial charge in [-0.05, 0) is 37.0 Å². The van der Waals surface area contributed by atoms with Gasteiger partial charge in [0.1, 0.15) is 0 Å². The summed E-state index contributed by atoms with van der Waals surface area (Å²) in [6.45, 7) is 3.22. The van der Waals surface area contributed by atoms with Crippen molar-refractivity contribution >= 4 is 11.9 Å². The molecule has 0 N–H and O–H groups in total. The van der Waals surface area contributed by atoms with Crippen LogP contribution in [0, 0.1) is 0 Å². The highest BCUT2D eigenvalue weighted by atomic mass is 15.5. The third-order valence-corrected chi connectivity index (χ3v) is 2.57. The van der Waals surface area contributed by atoms with Crippen LogP contribution in [0.3, 0.4) is 0 Å². The highest BCUT2D eigenvalue weighted by Crippen LogP contribution is 2.18. The molecule has 0 aromatic heterocycles. The molecule has 1 aromatic rings. The summed E-state index contributed by atoms with van der Waals surface area (Å²) < 4.78 is 0. The van der Waals surface area contributed by atoms with Crippen LogP contribution in [0.1, 0.15) is 25.3 Å². The van der Waals surface area contributed by atoms with Crippen LogP contribution in [0.25, 0.3) is 0 Å². The molecule has 0 bridgehead atoms. The molecule has 1 aromatic carbocycles. The normalized spacial score (nSPS) is 15.9. The van der Waals surface area contributed by atoms with Crippen molar-refractivity contribution in [1.82, 2.24) is 0 Å². The zero-order valence-corrected chi connectivity index (χ0v) is 8.61. The van der Waals surface area contributed by atoms with Crippen molar-refractivity contribution in [3.63, 3.8) is 0 Å². The van der Waals surface area contributed by atoms with Crippen molar-refractivity contribution in [2.24, 2.45) is 5.10 Å². The van der Waals surface area contributed by atoms with Gasteiger partial charge < -0.3 is 0 Å². The van der Waals surface area contributed by atoms with E-state index in [1.54, 1.807) is 0 Å². The minimum Gasteiger partial charge on any atom is -0.266 e. The van der Waals surface area contributed by atoms with Gasteiger partial charge in [-0.1, -0.05) is 19.1 Å². The molecule has 0 aliphatic carbocycles. The van der Waals surface area contributed by atoms with E-state index in [-0.39, 0.29) is 0 Å². The Morgan fingerprint density at radius 1 is 1.29 bits per heavy atom. The van der Waals surface area contributed by atoms with Crippen LogP contribution in [0.5, 0.6) is 0 Å². The fourth-order valence-electron chi connectivity index (χ4n) is 1.65. The summed E-state index contributed by atoms with van der Waals surface area (Å²) in [5.41, 5.74) is 2.59. The Hall–Kier alpha value is -1.31. The molecule has 14 heavy (non-hydrogen) atoms. The van der Waals surface area contributed by atoms with E-state index in [0.717, 1.165) is 19.4 Å². The zero-order valence-electron chi connectivity index (χ0n) is 8.61. The highest BCUT2D eigenvalue weighted by Gasteiger charge is 2.06. The molecule has 2 rings (SSSR count). The molecule has 2 nitrogen and oxygen atoms in total. The van der Waals surface area contributed by atoms with Crippen molar-refractivity contribution in [1.29, 1.82) is 0 Å². The fourth-order valence-corrected chi connectivity index (χ4v) is 1.65. The number of benzene rings is 1. The molecule has 0 unspecified atom stereocenters. The second kappa shape index (κ2) is 4.27. The summed E-state index contributed by atoms with van der Waals surface area (Å²) in [6, 6.07) is 8.67. The average molecular weight is 188 g/mol. The maximum absolute atomic E-state index is 4.36. The number of hydrogen-bond acceptors (Lipinski definition) is 2. The lowest BCUT2D eigenvalue weighted by Crippen LogP contribution is -2.21. The molecule has 1 heterocycles. The molecule has 0 amide bonds. The largest absolute Gasteiger partial charge is 0.266 e. The Balaban J connectivity index is 2.15. The monoisotopic (exact) mass is 188 g/mol. The number of hydrazone groups is 1. The van der Waals surface area contributed by atoms with E-state index < -0.39 is 0 Å². The van der Waals surface area contributed by atoms with Crippen molar-refractivity contribution < 1.29 is 0 Å². The van der Waals surface area contributed by atoms with Gasteiger partial charge in [-0.3, -0.25) is 5.01 Å². The van der Waals surface area contributed by atoms with Crippen LogP contribution in [0.4, 0.5) is 5.69 Å². The van der Waals surface area contributed by atoms with E-state index in [9.17, 15) is 0 Å². The molecule has 0 fully saturated rings. The zero-order chi connectivity index (χ0) is 9.80. The highest BCUT2D eigenvalue weighted by molar-refractivity contribution is 5.62. The number of nitrogens with zero attached hydrogens (tertiary/aromatic N) is 2. The topological polar surface area (TPSA) is 15.6 Å². The van der Waals surface area contributed by atoms with Gasteiger partial charge in [-0.2, -0.15) is 5.10 Å². The Bertz CT molecular complexity index is 314. The molecule has 1 aliphatic rings. The van der Waals surface area contributed by atoms with Gasteiger partial charge in [-0.25, -0.2) is 0 Å². The smallest absolute Gasteiger partial charge is 0.0593 e. The summed E-state index contributed by atoms with van der Waals surface area (Å²) in [7, 11) is 0. The van der Waals surface area contributed by atoms with Crippen molar-refractivity contribution in [3.8, 4) is 0 Å². The second-order valence-corrected chi connectivity index (χ2v) is 3.58. The van der Waals surface area contributed by atoms with E-state index in [0.29, 0.717) is 0 Å². The van der Waals surface area contributed by atoms with E-state index >= 15 is 0 Å². The third kappa shape index (κ3) is 1.95. The summed E-state index contributed by atoms with van der Waals surface area (Å²) in [6.07, 6.45) is 5.42. The predicted octanol–water partition coefficient (Wildman–Crippen LogP) is 2.84. The van der Waals surface area contributed by atoms with Gasteiger partial charge in [-0.15, -0.1) is 0 Å². The molecular weight excluding hydrogens is 172 g/mol. The summed E-state index contributed by atoms with van der Waals surface area (Å²) >= 11 is 0. The lowest BCUT2D eigenvalue weighted by Gasteiger charge is -2.21. The maximum atomic E-state index is 4.36.